The first-order chi connectivity index (χ1) is 15.2. The van der Waals surface area contributed by atoms with Crippen molar-refractivity contribution < 1.29 is 17.2 Å². The first-order valence-corrected chi connectivity index (χ1v) is 12.2. The Morgan fingerprint density at radius 1 is 0.844 bits per heavy atom. The van der Waals surface area contributed by atoms with Gasteiger partial charge in [-0.05, 0) is 48.0 Å². The molecule has 0 saturated carbocycles. The highest BCUT2D eigenvalue weighted by molar-refractivity contribution is 7.89. The van der Waals surface area contributed by atoms with Gasteiger partial charge in [0.05, 0.1) is 16.8 Å². The van der Waals surface area contributed by atoms with Crippen molar-refractivity contribution in [2.75, 3.05) is 24.5 Å². The fraction of sp³-hybridized carbons (Fsp3) is 0.182. The van der Waals surface area contributed by atoms with Crippen LogP contribution in [0.3, 0.4) is 0 Å². The fourth-order valence-corrected chi connectivity index (χ4v) is 6.00. The van der Waals surface area contributed by atoms with Crippen molar-refractivity contribution in [3.05, 3.63) is 92.9 Å². The van der Waals surface area contributed by atoms with E-state index < -0.39 is 32.6 Å². The van der Waals surface area contributed by atoms with Gasteiger partial charge in [0.15, 0.2) is 4.90 Å². The van der Waals surface area contributed by atoms with Crippen molar-refractivity contribution in [3.8, 4) is 0 Å². The van der Waals surface area contributed by atoms with Crippen LogP contribution < -0.4 is 4.90 Å². The van der Waals surface area contributed by atoms with Gasteiger partial charge in [-0.25, -0.2) is 17.2 Å². The molecule has 1 atom stereocenters. The van der Waals surface area contributed by atoms with Crippen molar-refractivity contribution in [1.82, 2.24) is 4.31 Å². The van der Waals surface area contributed by atoms with Gasteiger partial charge in [-0.1, -0.05) is 53.0 Å². The summed E-state index contributed by atoms with van der Waals surface area (Å²) < 4.78 is 56.0. The third kappa shape index (κ3) is 4.45. The minimum Gasteiger partial charge on any atom is -0.361 e. The minimum atomic E-state index is -4.42. The van der Waals surface area contributed by atoms with Crippen molar-refractivity contribution in [3.63, 3.8) is 0 Å². The molecule has 3 aromatic carbocycles. The Hall–Kier alpha value is -1.90. The van der Waals surface area contributed by atoms with Crippen LogP contribution >= 0.6 is 34.8 Å². The van der Waals surface area contributed by atoms with Crippen molar-refractivity contribution in [2.45, 2.75) is 10.9 Å². The second kappa shape index (κ2) is 9.15. The molecule has 0 aliphatic carbocycles. The lowest BCUT2D eigenvalue weighted by Crippen LogP contribution is -2.50. The predicted molar refractivity (Wildman–Crippen MR) is 123 cm³/mol. The van der Waals surface area contributed by atoms with E-state index in [0.29, 0.717) is 20.8 Å². The van der Waals surface area contributed by atoms with Crippen LogP contribution in [0.2, 0.25) is 15.1 Å². The quantitative estimate of drug-likeness (QED) is 0.415. The molecule has 0 amide bonds. The van der Waals surface area contributed by atoms with Crippen LogP contribution in [0.5, 0.6) is 0 Å². The molecule has 32 heavy (non-hydrogen) atoms. The number of halogens is 5. The molecule has 168 valence electrons. The van der Waals surface area contributed by atoms with E-state index in [1.54, 1.807) is 42.5 Å². The second-order valence-electron chi connectivity index (χ2n) is 7.27. The van der Waals surface area contributed by atoms with Crippen LogP contribution in [-0.2, 0) is 10.0 Å². The number of sulfonamides is 1. The summed E-state index contributed by atoms with van der Waals surface area (Å²) in [7, 11) is -4.42. The lowest BCUT2D eigenvalue weighted by molar-refractivity contribution is 0.332. The van der Waals surface area contributed by atoms with Crippen LogP contribution in [0.15, 0.2) is 65.6 Å². The molecule has 0 bridgehead atoms. The van der Waals surface area contributed by atoms with E-state index in [-0.39, 0.29) is 19.6 Å². The van der Waals surface area contributed by atoms with Gasteiger partial charge in [-0.2, -0.15) is 4.31 Å². The maximum atomic E-state index is 14.3. The van der Waals surface area contributed by atoms with Gasteiger partial charge < -0.3 is 4.90 Å². The molecule has 10 heteroatoms. The average Bonchev–Trinajstić information content (AvgIpc) is 2.74. The zero-order valence-corrected chi connectivity index (χ0v) is 19.6. The summed E-state index contributed by atoms with van der Waals surface area (Å²) in [6, 6.07) is 14.5. The average molecular weight is 518 g/mol. The maximum absolute atomic E-state index is 14.3. The summed E-state index contributed by atoms with van der Waals surface area (Å²) in [5, 5.41) is 1.41. The second-order valence-corrected chi connectivity index (χ2v) is 10.4. The summed E-state index contributed by atoms with van der Waals surface area (Å²) in [5.74, 6) is -2.26. The summed E-state index contributed by atoms with van der Waals surface area (Å²) in [4.78, 5) is 0.999. The van der Waals surface area contributed by atoms with Crippen LogP contribution in [-0.4, -0.2) is 32.4 Å². The first-order valence-electron chi connectivity index (χ1n) is 9.60. The van der Waals surface area contributed by atoms with E-state index in [9.17, 15) is 17.2 Å². The Bertz CT molecular complexity index is 1240. The number of rotatable bonds is 4. The first kappa shape index (κ1) is 23.3. The third-order valence-electron chi connectivity index (χ3n) is 5.33. The number of benzene rings is 3. The summed E-state index contributed by atoms with van der Waals surface area (Å²) >= 11 is 18.5. The molecule has 4 nitrogen and oxygen atoms in total. The molecule has 4 rings (SSSR count). The fourth-order valence-electron chi connectivity index (χ4n) is 3.81. The molecule has 0 N–H and O–H groups in total. The van der Waals surface area contributed by atoms with Crippen LogP contribution in [0, 0.1) is 11.6 Å². The molecule has 1 unspecified atom stereocenters. The molecule has 1 saturated heterocycles. The zero-order valence-electron chi connectivity index (χ0n) is 16.5. The maximum Gasteiger partial charge on any atom is 0.249 e. The number of hydrogen-bond acceptors (Lipinski definition) is 3. The van der Waals surface area contributed by atoms with Crippen molar-refractivity contribution >= 4 is 50.5 Å². The molecule has 1 heterocycles. The Labute approximate surface area is 200 Å². The molecular weight excluding hydrogens is 501 g/mol. The lowest BCUT2D eigenvalue weighted by Gasteiger charge is -2.42. The number of piperazine rings is 1. The smallest absolute Gasteiger partial charge is 0.249 e. The highest BCUT2D eigenvalue weighted by Crippen LogP contribution is 2.38. The summed E-state index contributed by atoms with van der Waals surface area (Å²) in [6.45, 7) is 0.208. The summed E-state index contributed by atoms with van der Waals surface area (Å²) in [5.41, 5.74) is 1.44. The Morgan fingerprint density at radius 2 is 1.47 bits per heavy atom. The van der Waals surface area contributed by atoms with Gasteiger partial charge in [-0.15, -0.1) is 0 Å². The van der Waals surface area contributed by atoms with Gasteiger partial charge in [-0.3, -0.25) is 0 Å². The monoisotopic (exact) mass is 516 g/mol. The standard InChI is InChI=1S/C22H17Cl3F2N2O2S/c23-15-6-4-14(5-7-15)21-13-28(32(30,31)22-18(26)2-1-3-19(22)27)10-11-29(21)20-9-8-16(24)12-17(20)25/h1-9,12,21H,10-11,13H2. The van der Waals surface area contributed by atoms with E-state index in [4.69, 9.17) is 34.8 Å². The van der Waals surface area contributed by atoms with Crippen LogP contribution in [0.1, 0.15) is 11.6 Å². The van der Waals surface area contributed by atoms with E-state index in [1.807, 2.05) is 4.90 Å². The Kier molecular flexibility index (Phi) is 6.66. The normalized spacial score (nSPS) is 17.5. The lowest BCUT2D eigenvalue weighted by atomic mass is 10.0. The molecule has 1 aliphatic heterocycles. The third-order valence-corrected chi connectivity index (χ3v) is 8.04. The van der Waals surface area contributed by atoms with Crippen molar-refractivity contribution in [1.29, 1.82) is 0 Å². The predicted octanol–water partition coefficient (Wildman–Crippen LogP) is 6.18. The minimum absolute atomic E-state index is 0.0130. The van der Waals surface area contributed by atoms with Crippen LogP contribution in [0.4, 0.5) is 14.5 Å². The zero-order chi connectivity index (χ0) is 23.0. The Balaban J connectivity index is 1.76. The highest BCUT2D eigenvalue weighted by Gasteiger charge is 2.38. The highest BCUT2D eigenvalue weighted by atomic mass is 35.5. The molecule has 0 radical (unpaired) electrons. The SMILES string of the molecule is O=S(=O)(c1c(F)cccc1F)N1CCN(c2ccc(Cl)cc2Cl)C(c2ccc(Cl)cc2)C1. The van der Waals surface area contributed by atoms with E-state index in [1.165, 1.54) is 0 Å². The topological polar surface area (TPSA) is 40.6 Å². The van der Waals surface area contributed by atoms with Crippen LogP contribution in [0.25, 0.3) is 0 Å². The molecule has 3 aromatic rings. The molecule has 1 aliphatic rings. The van der Waals surface area contributed by atoms with E-state index in [0.717, 1.165) is 28.1 Å². The molecule has 1 fully saturated rings. The van der Waals surface area contributed by atoms with Gasteiger partial charge in [0.25, 0.3) is 0 Å². The van der Waals surface area contributed by atoms with Crippen molar-refractivity contribution in [2.24, 2.45) is 0 Å². The number of nitrogens with zero attached hydrogens (tertiary/aromatic N) is 2. The molecular formula is C22H17Cl3F2N2O2S. The van der Waals surface area contributed by atoms with Gasteiger partial charge >= 0.3 is 0 Å². The van der Waals surface area contributed by atoms with E-state index >= 15 is 0 Å². The van der Waals surface area contributed by atoms with Gasteiger partial charge in [0, 0.05) is 29.7 Å². The number of hydrogen-bond donors (Lipinski definition) is 0. The molecule has 0 aromatic heterocycles. The summed E-state index contributed by atoms with van der Waals surface area (Å²) in [6.07, 6.45) is 0. The molecule has 0 spiro atoms. The largest absolute Gasteiger partial charge is 0.361 e. The number of anilines is 1. The Morgan fingerprint density at radius 3 is 2.09 bits per heavy atom. The van der Waals surface area contributed by atoms with Gasteiger partial charge in [0.2, 0.25) is 10.0 Å². The van der Waals surface area contributed by atoms with E-state index in [2.05, 4.69) is 0 Å². The van der Waals surface area contributed by atoms with Gasteiger partial charge in [0.1, 0.15) is 11.6 Å².